The highest BCUT2D eigenvalue weighted by Gasteiger charge is 2.40. The highest BCUT2D eigenvalue weighted by atomic mass is 16.5. The second kappa shape index (κ2) is 8.72. The van der Waals surface area contributed by atoms with Crippen LogP contribution in [-0.2, 0) is 13.1 Å². The quantitative estimate of drug-likeness (QED) is 0.750. The minimum atomic E-state index is 0.0772. The van der Waals surface area contributed by atoms with Crippen LogP contribution in [0.5, 0.6) is 11.5 Å². The maximum atomic E-state index is 5.68. The molecule has 0 unspecified atom stereocenters. The standard InChI is InChI=1S/C24H35N3O2/c1-23(2)14-19(15-24(3,4)26-23)27(16-18-10-12-25-13-11-18)17-20-21(28-5)8-7-9-22(20)29-6/h7-13,19,26H,14-17H2,1-6H3. The Morgan fingerprint density at radius 3 is 2.00 bits per heavy atom. The van der Waals surface area contributed by atoms with Crippen LogP contribution in [0.3, 0.4) is 0 Å². The molecule has 158 valence electrons. The molecule has 2 aromatic rings. The minimum absolute atomic E-state index is 0.0772. The van der Waals surface area contributed by atoms with Crippen LogP contribution in [0.4, 0.5) is 0 Å². The lowest BCUT2D eigenvalue weighted by atomic mass is 9.78. The molecule has 1 N–H and O–H groups in total. The lowest BCUT2D eigenvalue weighted by Gasteiger charge is -2.50. The van der Waals surface area contributed by atoms with E-state index in [2.05, 4.69) is 55.0 Å². The Morgan fingerprint density at radius 2 is 1.48 bits per heavy atom. The smallest absolute Gasteiger partial charge is 0.127 e. The van der Waals surface area contributed by atoms with Crippen LogP contribution in [0.1, 0.15) is 51.7 Å². The average Bonchev–Trinajstić information content (AvgIpc) is 2.66. The van der Waals surface area contributed by atoms with Crippen molar-refractivity contribution in [3.05, 3.63) is 53.9 Å². The molecule has 0 bridgehead atoms. The van der Waals surface area contributed by atoms with Crippen LogP contribution in [0.25, 0.3) is 0 Å². The van der Waals surface area contributed by atoms with Crippen molar-refractivity contribution in [1.82, 2.24) is 15.2 Å². The van der Waals surface area contributed by atoms with Crippen molar-refractivity contribution < 1.29 is 9.47 Å². The van der Waals surface area contributed by atoms with E-state index in [1.54, 1.807) is 14.2 Å². The average molecular weight is 398 g/mol. The van der Waals surface area contributed by atoms with Gasteiger partial charge in [0.05, 0.1) is 19.8 Å². The van der Waals surface area contributed by atoms with Gasteiger partial charge in [-0.2, -0.15) is 0 Å². The van der Waals surface area contributed by atoms with Crippen molar-refractivity contribution in [2.45, 2.75) is 70.7 Å². The molecule has 1 saturated heterocycles. The normalized spacial score (nSPS) is 18.6. The Balaban J connectivity index is 1.96. The van der Waals surface area contributed by atoms with Gasteiger partial charge in [0, 0.05) is 42.6 Å². The van der Waals surface area contributed by atoms with Crippen molar-refractivity contribution in [3.63, 3.8) is 0 Å². The number of nitrogens with one attached hydrogen (secondary N) is 1. The molecule has 0 spiro atoms. The molecule has 2 heterocycles. The predicted molar refractivity (Wildman–Crippen MR) is 117 cm³/mol. The molecule has 1 aliphatic heterocycles. The molecule has 0 saturated carbocycles. The third-order valence-corrected chi connectivity index (χ3v) is 5.71. The fraction of sp³-hybridized carbons (Fsp3) is 0.542. The number of ether oxygens (including phenoxy) is 2. The van der Waals surface area contributed by atoms with Gasteiger partial charge in [0.2, 0.25) is 0 Å². The molecular formula is C24H35N3O2. The van der Waals surface area contributed by atoms with Gasteiger partial charge in [-0.25, -0.2) is 0 Å². The highest BCUT2D eigenvalue weighted by Crippen LogP contribution is 2.36. The molecule has 1 aliphatic rings. The highest BCUT2D eigenvalue weighted by molar-refractivity contribution is 5.44. The topological polar surface area (TPSA) is 46.6 Å². The first-order valence-corrected chi connectivity index (χ1v) is 10.4. The summed E-state index contributed by atoms with van der Waals surface area (Å²) in [5.74, 6) is 1.74. The van der Waals surface area contributed by atoms with Crippen molar-refractivity contribution in [2.75, 3.05) is 14.2 Å². The summed E-state index contributed by atoms with van der Waals surface area (Å²) < 4.78 is 11.4. The summed E-state index contributed by atoms with van der Waals surface area (Å²) in [6, 6.07) is 10.6. The van der Waals surface area contributed by atoms with Crippen molar-refractivity contribution in [2.24, 2.45) is 0 Å². The zero-order valence-electron chi connectivity index (χ0n) is 18.7. The van der Waals surface area contributed by atoms with E-state index in [1.807, 2.05) is 30.6 Å². The van der Waals surface area contributed by atoms with Gasteiger partial charge in [0.1, 0.15) is 11.5 Å². The largest absolute Gasteiger partial charge is 0.496 e. The first kappa shape index (κ1) is 21.6. The summed E-state index contributed by atoms with van der Waals surface area (Å²) in [4.78, 5) is 6.75. The number of rotatable bonds is 7. The molecule has 0 aliphatic carbocycles. The number of benzene rings is 1. The summed E-state index contributed by atoms with van der Waals surface area (Å²) in [5.41, 5.74) is 2.52. The number of aromatic nitrogens is 1. The number of nitrogens with zero attached hydrogens (tertiary/aromatic N) is 2. The molecule has 29 heavy (non-hydrogen) atoms. The van der Waals surface area contributed by atoms with Crippen LogP contribution >= 0.6 is 0 Å². The van der Waals surface area contributed by atoms with E-state index < -0.39 is 0 Å². The third kappa shape index (κ3) is 5.49. The number of pyridine rings is 1. The van der Waals surface area contributed by atoms with Gasteiger partial charge in [-0.3, -0.25) is 9.88 Å². The lowest BCUT2D eigenvalue weighted by Crippen LogP contribution is -2.62. The predicted octanol–water partition coefficient (Wildman–Crippen LogP) is 4.41. The summed E-state index contributed by atoms with van der Waals surface area (Å²) in [6.45, 7) is 10.8. The fourth-order valence-electron chi connectivity index (χ4n) is 4.85. The Hall–Kier alpha value is -2.11. The zero-order valence-corrected chi connectivity index (χ0v) is 18.7. The van der Waals surface area contributed by atoms with E-state index in [0.717, 1.165) is 43.0 Å². The lowest BCUT2D eigenvalue weighted by molar-refractivity contribution is 0.0554. The number of hydrogen-bond donors (Lipinski definition) is 1. The number of methoxy groups -OCH3 is 2. The van der Waals surface area contributed by atoms with Crippen molar-refractivity contribution in [3.8, 4) is 11.5 Å². The van der Waals surface area contributed by atoms with Crippen molar-refractivity contribution in [1.29, 1.82) is 0 Å². The molecule has 1 aromatic carbocycles. The van der Waals surface area contributed by atoms with Crippen LogP contribution in [0.2, 0.25) is 0 Å². The molecule has 0 amide bonds. The Kier molecular flexibility index (Phi) is 6.49. The van der Waals surface area contributed by atoms with Crippen LogP contribution in [0, 0.1) is 0 Å². The number of piperidine rings is 1. The monoisotopic (exact) mass is 397 g/mol. The molecule has 1 fully saturated rings. The van der Waals surface area contributed by atoms with Gasteiger partial charge in [0.15, 0.2) is 0 Å². The van der Waals surface area contributed by atoms with Crippen LogP contribution in [0.15, 0.2) is 42.7 Å². The molecule has 3 rings (SSSR count). The van der Waals surface area contributed by atoms with Crippen molar-refractivity contribution >= 4 is 0 Å². The van der Waals surface area contributed by atoms with E-state index in [9.17, 15) is 0 Å². The zero-order chi connectivity index (χ0) is 21.1. The van der Waals surface area contributed by atoms with E-state index in [1.165, 1.54) is 5.56 Å². The number of hydrogen-bond acceptors (Lipinski definition) is 5. The molecule has 0 radical (unpaired) electrons. The first-order valence-electron chi connectivity index (χ1n) is 10.4. The second-order valence-electron chi connectivity index (χ2n) is 9.36. The van der Waals surface area contributed by atoms with Crippen LogP contribution < -0.4 is 14.8 Å². The van der Waals surface area contributed by atoms with Crippen LogP contribution in [-0.4, -0.2) is 41.2 Å². The van der Waals surface area contributed by atoms with Gasteiger partial charge in [-0.15, -0.1) is 0 Å². The second-order valence-corrected chi connectivity index (χ2v) is 9.36. The van der Waals surface area contributed by atoms with Gasteiger partial charge in [-0.05, 0) is 70.4 Å². The first-order chi connectivity index (χ1) is 13.7. The third-order valence-electron chi connectivity index (χ3n) is 5.71. The fourth-order valence-corrected chi connectivity index (χ4v) is 4.85. The summed E-state index contributed by atoms with van der Waals surface area (Å²) in [7, 11) is 3.45. The molecular weight excluding hydrogens is 362 g/mol. The van der Waals surface area contributed by atoms with Gasteiger partial charge < -0.3 is 14.8 Å². The maximum absolute atomic E-state index is 5.68. The molecule has 5 nitrogen and oxygen atoms in total. The molecule has 0 atom stereocenters. The van der Waals surface area contributed by atoms with E-state index in [4.69, 9.17) is 9.47 Å². The van der Waals surface area contributed by atoms with Gasteiger partial charge in [0.25, 0.3) is 0 Å². The summed E-state index contributed by atoms with van der Waals surface area (Å²) in [6.07, 6.45) is 5.90. The van der Waals surface area contributed by atoms with E-state index in [0.29, 0.717) is 6.04 Å². The molecule has 5 heteroatoms. The summed E-state index contributed by atoms with van der Waals surface area (Å²) >= 11 is 0. The Bertz CT molecular complexity index is 767. The minimum Gasteiger partial charge on any atom is -0.496 e. The Labute approximate surface area is 175 Å². The summed E-state index contributed by atoms with van der Waals surface area (Å²) in [5, 5.41) is 3.80. The molecule has 1 aromatic heterocycles. The van der Waals surface area contributed by atoms with Gasteiger partial charge >= 0.3 is 0 Å². The van der Waals surface area contributed by atoms with E-state index >= 15 is 0 Å². The SMILES string of the molecule is COc1cccc(OC)c1CN(Cc1ccncc1)C1CC(C)(C)NC(C)(C)C1. The Morgan fingerprint density at radius 1 is 0.931 bits per heavy atom. The van der Waals surface area contributed by atoms with Gasteiger partial charge in [-0.1, -0.05) is 6.07 Å². The maximum Gasteiger partial charge on any atom is 0.127 e. The van der Waals surface area contributed by atoms with E-state index in [-0.39, 0.29) is 11.1 Å².